The second-order valence-corrected chi connectivity index (χ2v) is 17.7. The van der Waals surface area contributed by atoms with Crippen LogP contribution in [0.25, 0.3) is 5.65 Å². The Hall–Kier alpha value is -5.62. The van der Waals surface area contributed by atoms with E-state index < -0.39 is 26.2 Å². The van der Waals surface area contributed by atoms with Gasteiger partial charge in [-0.2, -0.15) is 31.5 Å². The summed E-state index contributed by atoms with van der Waals surface area (Å²) < 4.78 is 64.8. The average Bonchev–Trinajstić information content (AvgIpc) is 3.67. The number of hydrogen-bond acceptors (Lipinski definition) is 17. The summed E-state index contributed by atoms with van der Waals surface area (Å²) in [4.78, 5) is 30.3. The topological polar surface area (TPSA) is 314 Å². The molecule has 4 aromatic heterocycles. The molecule has 0 aliphatic carbocycles. The van der Waals surface area contributed by atoms with Crippen molar-refractivity contribution in [3.8, 4) is 0 Å². The average molecular weight is 983 g/mol. The summed E-state index contributed by atoms with van der Waals surface area (Å²) >= 11 is 10.6. The van der Waals surface area contributed by atoms with Crippen LogP contribution in [0.15, 0.2) is 52.6 Å². The van der Waals surface area contributed by atoms with Crippen LogP contribution in [0.1, 0.15) is 73.4 Å². The Labute approximate surface area is 390 Å². The lowest BCUT2D eigenvalue weighted by Gasteiger charge is -2.09. The predicted octanol–water partition coefficient (Wildman–Crippen LogP) is 4.89. The Bertz CT molecular complexity index is 2690. The third-order valence-electron chi connectivity index (χ3n) is 8.64. The maximum absolute atomic E-state index is 11.4. The lowest BCUT2D eigenvalue weighted by atomic mass is 10.1. The lowest BCUT2D eigenvalue weighted by Crippen LogP contribution is -2.50. The number of esters is 1. The molecule has 9 N–H and O–H groups in total. The Morgan fingerprint density at radius 2 is 1.20 bits per heavy atom. The van der Waals surface area contributed by atoms with Crippen LogP contribution in [0.2, 0.25) is 0 Å². The molecule has 0 saturated carbocycles. The van der Waals surface area contributed by atoms with E-state index in [4.69, 9.17) is 51.0 Å². The zero-order chi connectivity index (χ0) is 50.1. The van der Waals surface area contributed by atoms with Crippen LogP contribution in [-0.2, 0) is 39.9 Å². The molecule has 0 fully saturated rings. The number of nitrogen functional groups attached to an aromatic ring is 3. The fourth-order valence-electron chi connectivity index (χ4n) is 5.66. The highest BCUT2D eigenvalue weighted by Gasteiger charge is 2.20. The van der Waals surface area contributed by atoms with E-state index in [2.05, 4.69) is 39.0 Å². The number of aromatic nitrogens is 8. The molecule has 24 heteroatoms. The van der Waals surface area contributed by atoms with Gasteiger partial charge >= 0.3 is 16.1 Å². The van der Waals surface area contributed by atoms with Gasteiger partial charge in [-0.15, -0.1) is 38.0 Å². The first-order valence-corrected chi connectivity index (χ1v) is 23.1. The number of fused-ring (bicyclic) bond motifs is 1. The molecule has 0 saturated heterocycles. The zero-order valence-corrected chi connectivity index (χ0v) is 41.9. The number of alkyl halides is 2. The number of hydrogen-bond donors (Lipinski definition) is 5. The first kappa shape index (κ1) is 57.4. The van der Waals surface area contributed by atoms with Gasteiger partial charge in [0.15, 0.2) is 11.5 Å². The highest BCUT2D eigenvalue weighted by atomic mass is 35.5. The van der Waals surface area contributed by atoms with Crippen molar-refractivity contribution in [2.45, 2.75) is 98.8 Å². The number of nitrogens with two attached hydrogens (primary N) is 4. The number of ether oxygens (including phenoxy) is 1. The Kier molecular flexibility index (Phi) is 22.7. The summed E-state index contributed by atoms with van der Waals surface area (Å²) in [6, 6.07) is 7.02. The quantitative estimate of drug-likeness (QED) is 0.0384. The van der Waals surface area contributed by atoms with E-state index >= 15 is 0 Å². The number of benzene rings is 2. The van der Waals surface area contributed by atoms with Gasteiger partial charge in [-0.3, -0.25) is 15.2 Å². The molecule has 0 radical (unpaired) electrons. The van der Waals surface area contributed by atoms with Crippen molar-refractivity contribution < 1.29 is 39.9 Å². The van der Waals surface area contributed by atoms with Crippen LogP contribution in [0, 0.1) is 83.1 Å². The van der Waals surface area contributed by atoms with Crippen molar-refractivity contribution in [1.29, 1.82) is 0 Å². The monoisotopic (exact) mass is 981 g/mol. The number of rotatable bonds is 5. The number of carbonyl (C=O) groups excluding carboxylic acids is 1. The SMILES string of the molecule is COC(=O)CCl.Cc1cc(C)c(S(=O)(=O)O)c(C)c1.Cc1cc(C)c(S(=O)(=O)ON)c(C)c1.Cc1cnc(C)[n+](N)c1N.Cc1cnc(C)n2nc(CCl)nc12.Cc1ncc(C)c(N)n1. The molecule has 20 nitrogen and oxygen atoms in total. The van der Waals surface area contributed by atoms with E-state index in [9.17, 15) is 21.6 Å². The van der Waals surface area contributed by atoms with E-state index in [0.29, 0.717) is 51.4 Å². The fourth-order valence-corrected chi connectivity index (χ4v) is 7.82. The van der Waals surface area contributed by atoms with Crippen LogP contribution in [0.3, 0.4) is 0 Å². The van der Waals surface area contributed by atoms with E-state index in [-0.39, 0.29) is 15.7 Å². The first-order valence-electron chi connectivity index (χ1n) is 19.1. The Balaban J connectivity index is 0.000000397. The molecule has 6 rings (SSSR count). The van der Waals surface area contributed by atoms with Gasteiger partial charge in [-0.25, -0.2) is 19.9 Å². The number of aryl methyl sites for hydroxylation is 12. The Morgan fingerprint density at radius 3 is 1.57 bits per heavy atom. The van der Waals surface area contributed by atoms with Crippen molar-refractivity contribution in [3.05, 3.63) is 116 Å². The summed E-state index contributed by atoms with van der Waals surface area (Å²) in [5, 5.41) is 4.20. The van der Waals surface area contributed by atoms with Crippen molar-refractivity contribution in [2.24, 2.45) is 5.90 Å². The molecule has 0 aliphatic rings. The molecule has 2 aromatic carbocycles. The lowest BCUT2D eigenvalue weighted by molar-refractivity contribution is -0.634. The standard InChI is InChI=1S/C9H13NO3S.C9H12O3S.C8H9ClN4.C6H10N4.C6H9N3.C3H5ClO2/c1-6-4-7(2)9(8(3)5-6)14(11,12)13-10;1-6-4-7(2)9(8(3)5-6)13(10,11)12;1-5-4-10-6(2)13-8(5)11-7(3-9)12-13;1-4-3-9-5(2)10(8)6(4)7;1-4-3-8-5(2)9-6(4)7;1-6-3(5)2-4/h4-5H,10H2,1-3H3;4-5H,1-3H3,(H,10,11,12);4H,3H2,1-2H3;3,7H,8H2,1-2H3;3H,1-2H3,(H2,7,8,9);2H2,1H3/p+1. The minimum Gasteiger partial charge on any atom is -0.468 e. The van der Waals surface area contributed by atoms with Gasteiger partial charge in [0.2, 0.25) is 5.82 Å². The van der Waals surface area contributed by atoms with Gasteiger partial charge in [0.05, 0.1) is 23.4 Å². The van der Waals surface area contributed by atoms with Gasteiger partial charge in [0.25, 0.3) is 15.9 Å². The largest absolute Gasteiger partial charge is 0.468 e. The highest BCUT2D eigenvalue weighted by molar-refractivity contribution is 7.86. The molecule has 0 spiro atoms. The maximum Gasteiger partial charge on any atom is 0.320 e. The number of carbonyl (C=O) groups is 1. The zero-order valence-electron chi connectivity index (χ0n) is 38.7. The first-order chi connectivity index (χ1) is 30.1. The van der Waals surface area contributed by atoms with E-state index in [0.717, 1.165) is 45.1 Å². The van der Waals surface area contributed by atoms with Crippen LogP contribution in [0.5, 0.6) is 0 Å². The molecule has 0 atom stereocenters. The summed E-state index contributed by atoms with van der Waals surface area (Å²) in [7, 11) is -6.58. The van der Waals surface area contributed by atoms with Gasteiger partial charge in [0.1, 0.15) is 34.4 Å². The molecule has 0 bridgehead atoms. The van der Waals surface area contributed by atoms with Gasteiger partial charge in [-0.1, -0.05) is 35.4 Å². The molecular formula is C41H59Cl2N12O8S2+. The van der Waals surface area contributed by atoms with Gasteiger partial charge in [0, 0.05) is 30.4 Å². The number of methoxy groups -OCH3 is 1. The minimum absolute atomic E-state index is 0.0260. The number of nitrogens with zero attached hydrogens (tertiary/aromatic N) is 8. The third-order valence-corrected chi connectivity index (χ3v) is 11.7. The molecule has 6 aromatic rings. The van der Waals surface area contributed by atoms with Gasteiger partial charge in [-0.05, 0) is 98.4 Å². The number of anilines is 2. The molecule has 65 heavy (non-hydrogen) atoms. The summed E-state index contributed by atoms with van der Waals surface area (Å²) in [6.45, 7) is 21.8. The van der Waals surface area contributed by atoms with Crippen molar-refractivity contribution >= 4 is 66.7 Å². The van der Waals surface area contributed by atoms with E-state index in [1.165, 1.54) is 11.8 Å². The smallest absolute Gasteiger partial charge is 0.320 e. The van der Waals surface area contributed by atoms with Crippen LogP contribution >= 0.6 is 23.2 Å². The van der Waals surface area contributed by atoms with Crippen molar-refractivity contribution in [3.63, 3.8) is 0 Å². The molecule has 0 unspecified atom stereocenters. The van der Waals surface area contributed by atoms with Crippen LogP contribution in [-0.4, -0.2) is 74.9 Å². The molecule has 0 amide bonds. The van der Waals surface area contributed by atoms with Crippen LogP contribution < -0.4 is 27.9 Å². The maximum atomic E-state index is 11.4. The fraction of sp³-hybridized carbons (Fsp3) is 0.366. The van der Waals surface area contributed by atoms with Crippen molar-refractivity contribution in [1.82, 2.24) is 34.5 Å². The summed E-state index contributed by atoms with van der Waals surface area (Å²) in [5.74, 6) is 14.2. The minimum atomic E-state index is -4.08. The molecule has 4 heterocycles. The van der Waals surface area contributed by atoms with E-state index in [1.54, 1.807) is 82.0 Å². The highest BCUT2D eigenvalue weighted by Crippen LogP contribution is 2.23. The normalized spacial score (nSPS) is 10.6. The number of halogens is 2. The molecule has 0 aliphatic heterocycles. The van der Waals surface area contributed by atoms with E-state index in [1.807, 2.05) is 48.5 Å². The van der Waals surface area contributed by atoms with Gasteiger partial charge < -0.3 is 16.2 Å². The predicted molar refractivity (Wildman–Crippen MR) is 251 cm³/mol. The summed E-state index contributed by atoms with van der Waals surface area (Å²) in [6.07, 6.45) is 5.21. The molecule has 356 valence electrons. The van der Waals surface area contributed by atoms with Crippen LogP contribution in [0.4, 0.5) is 11.6 Å². The second-order valence-electron chi connectivity index (χ2n) is 14.3. The Morgan fingerprint density at radius 1 is 0.723 bits per heavy atom. The second kappa shape index (κ2) is 25.8. The third kappa shape index (κ3) is 17.7. The van der Waals surface area contributed by atoms with Crippen molar-refractivity contribution in [2.75, 3.05) is 30.3 Å². The molecular weight excluding hydrogens is 924 g/mol. The summed E-state index contributed by atoms with van der Waals surface area (Å²) in [5.41, 5.74) is 19.2.